The molecule has 1 aromatic carbocycles. The van der Waals surface area contributed by atoms with Crippen molar-refractivity contribution in [3.8, 4) is 11.5 Å². The van der Waals surface area contributed by atoms with Crippen LogP contribution in [0.4, 0.5) is 8.78 Å². The number of halogens is 4. The van der Waals surface area contributed by atoms with Crippen molar-refractivity contribution in [1.29, 1.82) is 0 Å². The monoisotopic (exact) mass is 319 g/mol. The second-order valence-electron chi connectivity index (χ2n) is 3.08. The van der Waals surface area contributed by atoms with Gasteiger partial charge in [0.25, 0.3) is 0 Å². The third kappa shape index (κ3) is 2.56. The standard InChI is InChI=1S/C11H5BrClF2NO/c12-10-8(2-1-7(14)11(10)15)17-9-5-16-4-3-6(9)13/h1-5H. The van der Waals surface area contributed by atoms with Crippen LogP contribution >= 0.6 is 27.5 Å². The number of hydrogen-bond donors (Lipinski definition) is 0. The van der Waals surface area contributed by atoms with Gasteiger partial charge in [0.2, 0.25) is 0 Å². The minimum absolute atomic E-state index is 0.0996. The highest BCUT2D eigenvalue weighted by Crippen LogP contribution is 2.35. The van der Waals surface area contributed by atoms with E-state index in [9.17, 15) is 8.78 Å². The molecular formula is C11H5BrClF2NO. The van der Waals surface area contributed by atoms with Crippen LogP contribution in [0.15, 0.2) is 35.1 Å². The fourth-order valence-electron chi connectivity index (χ4n) is 1.14. The fourth-order valence-corrected chi connectivity index (χ4v) is 1.69. The number of benzene rings is 1. The molecule has 0 aliphatic carbocycles. The third-order valence-electron chi connectivity index (χ3n) is 1.95. The highest BCUT2D eigenvalue weighted by molar-refractivity contribution is 9.10. The van der Waals surface area contributed by atoms with E-state index < -0.39 is 11.6 Å². The molecule has 0 aliphatic rings. The number of pyridine rings is 1. The van der Waals surface area contributed by atoms with Gasteiger partial charge in [-0.1, -0.05) is 11.6 Å². The van der Waals surface area contributed by atoms with Gasteiger partial charge >= 0.3 is 0 Å². The number of ether oxygens (including phenoxy) is 1. The zero-order chi connectivity index (χ0) is 12.4. The normalized spacial score (nSPS) is 10.4. The Bertz CT molecular complexity index is 565. The van der Waals surface area contributed by atoms with Gasteiger partial charge in [-0.25, -0.2) is 8.78 Å². The summed E-state index contributed by atoms with van der Waals surface area (Å²) in [5, 5.41) is 0.330. The first-order chi connectivity index (χ1) is 8.09. The quantitative estimate of drug-likeness (QED) is 0.756. The molecule has 2 nitrogen and oxygen atoms in total. The molecule has 0 unspecified atom stereocenters. The summed E-state index contributed by atoms with van der Waals surface area (Å²) in [5.74, 6) is -1.58. The first-order valence-electron chi connectivity index (χ1n) is 4.50. The average molecular weight is 321 g/mol. The molecule has 6 heteroatoms. The first kappa shape index (κ1) is 12.3. The summed E-state index contributed by atoms with van der Waals surface area (Å²) in [5.41, 5.74) is 0. The second kappa shape index (κ2) is 4.98. The molecule has 0 atom stereocenters. The van der Waals surface area contributed by atoms with Crippen LogP contribution in [0.2, 0.25) is 5.02 Å². The Morgan fingerprint density at radius 3 is 2.65 bits per heavy atom. The average Bonchev–Trinajstić information content (AvgIpc) is 2.32. The summed E-state index contributed by atoms with van der Waals surface area (Å²) >= 11 is 8.76. The van der Waals surface area contributed by atoms with E-state index in [1.807, 2.05) is 0 Å². The molecule has 0 N–H and O–H groups in total. The third-order valence-corrected chi connectivity index (χ3v) is 3.00. The van der Waals surface area contributed by atoms with Gasteiger partial charge in [-0.2, -0.15) is 0 Å². The molecule has 1 aromatic heterocycles. The van der Waals surface area contributed by atoms with Gasteiger partial charge in [-0.05, 0) is 34.1 Å². The lowest BCUT2D eigenvalue weighted by molar-refractivity contribution is 0.454. The van der Waals surface area contributed by atoms with Crippen LogP contribution < -0.4 is 4.74 Å². The van der Waals surface area contributed by atoms with E-state index in [4.69, 9.17) is 16.3 Å². The van der Waals surface area contributed by atoms with E-state index in [1.54, 1.807) is 0 Å². The molecule has 0 spiro atoms. The predicted octanol–water partition coefficient (Wildman–Crippen LogP) is 4.57. The first-order valence-corrected chi connectivity index (χ1v) is 5.67. The smallest absolute Gasteiger partial charge is 0.176 e. The lowest BCUT2D eigenvalue weighted by atomic mass is 10.3. The summed E-state index contributed by atoms with van der Waals surface area (Å²) in [6, 6.07) is 3.80. The Morgan fingerprint density at radius 2 is 1.94 bits per heavy atom. The van der Waals surface area contributed by atoms with Gasteiger partial charge in [0.15, 0.2) is 17.4 Å². The summed E-state index contributed by atoms with van der Waals surface area (Å²) in [4.78, 5) is 3.82. The van der Waals surface area contributed by atoms with Gasteiger partial charge in [0, 0.05) is 6.20 Å². The minimum Gasteiger partial charge on any atom is -0.453 e. The zero-order valence-corrected chi connectivity index (χ0v) is 10.6. The summed E-state index contributed by atoms with van der Waals surface area (Å²) < 4.78 is 31.4. The largest absolute Gasteiger partial charge is 0.453 e. The molecule has 0 amide bonds. The van der Waals surface area contributed by atoms with Crippen molar-refractivity contribution in [1.82, 2.24) is 4.98 Å². The van der Waals surface area contributed by atoms with E-state index >= 15 is 0 Å². The Labute approximate surface area is 109 Å². The van der Waals surface area contributed by atoms with Gasteiger partial charge in [-0.15, -0.1) is 0 Å². The topological polar surface area (TPSA) is 22.1 Å². The molecule has 0 bridgehead atoms. The number of rotatable bonds is 2. The van der Waals surface area contributed by atoms with Crippen molar-refractivity contribution in [3.05, 3.63) is 51.7 Å². The lowest BCUT2D eigenvalue weighted by Gasteiger charge is -2.09. The van der Waals surface area contributed by atoms with Crippen LogP contribution in [0.1, 0.15) is 0 Å². The van der Waals surface area contributed by atoms with E-state index in [0.29, 0.717) is 5.02 Å². The molecule has 0 aliphatic heterocycles. The fraction of sp³-hybridized carbons (Fsp3) is 0. The molecule has 0 saturated heterocycles. The molecule has 0 saturated carbocycles. The maximum Gasteiger partial charge on any atom is 0.176 e. The van der Waals surface area contributed by atoms with Crippen molar-refractivity contribution >= 4 is 27.5 Å². The van der Waals surface area contributed by atoms with E-state index in [1.165, 1.54) is 24.5 Å². The Morgan fingerprint density at radius 1 is 1.18 bits per heavy atom. The highest BCUT2D eigenvalue weighted by Gasteiger charge is 2.13. The maximum absolute atomic E-state index is 13.2. The molecule has 88 valence electrons. The molecule has 17 heavy (non-hydrogen) atoms. The Balaban J connectivity index is 2.38. The molecule has 1 heterocycles. The van der Waals surface area contributed by atoms with E-state index in [2.05, 4.69) is 20.9 Å². The Kier molecular flexibility index (Phi) is 3.59. The molecule has 0 fully saturated rings. The van der Waals surface area contributed by atoms with E-state index in [-0.39, 0.29) is 16.0 Å². The van der Waals surface area contributed by atoms with Crippen molar-refractivity contribution < 1.29 is 13.5 Å². The van der Waals surface area contributed by atoms with Gasteiger partial charge < -0.3 is 4.74 Å². The summed E-state index contributed by atoms with van der Waals surface area (Å²) in [7, 11) is 0. The van der Waals surface area contributed by atoms with Crippen molar-refractivity contribution in [2.24, 2.45) is 0 Å². The van der Waals surface area contributed by atoms with Gasteiger partial charge in [0.05, 0.1) is 15.7 Å². The number of aromatic nitrogens is 1. The van der Waals surface area contributed by atoms with Crippen LogP contribution in [0.5, 0.6) is 11.5 Å². The zero-order valence-electron chi connectivity index (χ0n) is 8.25. The van der Waals surface area contributed by atoms with Crippen LogP contribution in [0.3, 0.4) is 0 Å². The lowest BCUT2D eigenvalue weighted by Crippen LogP contribution is -1.92. The minimum atomic E-state index is -1.01. The van der Waals surface area contributed by atoms with Crippen LogP contribution in [0.25, 0.3) is 0 Å². The second-order valence-corrected chi connectivity index (χ2v) is 4.28. The molecule has 2 rings (SSSR count). The SMILES string of the molecule is Fc1ccc(Oc2cnccc2Cl)c(Br)c1F. The van der Waals surface area contributed by atoms with E-state index in [0.717, 1.165) is 6.07 Å². The van der Waals surface area contributed by atoms with Crippen molar-refractivity contribution in [3.63, 3.8) is 0 Å². The summed E-state index contributed by atoms with van der Waals surface area (Å²) in [6.07, 6.45) is 2.88. The molecule has 0 radical (unpaired) electrons. The predicted molar refractivity (Wildman–Crippen MR) is 63.4 cm³/mol. The molecule has 2 aromatic rings. The maximum atomic E-state index is 13.2. The Hall–Kier alpha value is -1.20. The number of hydrogen-bond acceptors (Lipinski definition) is 2. The van der Waals surface area contributed by atoms with Crippen molar-refractivity contribution in [2.75, 3.05) is 0 Å². The molecular weight excluding hydrogens is 315 g/mol. The number of nitrogens with zero attached hydrogens (tertiary/aromatic N) is 1. The summed E-state index contributed by atoms with van der Waals surface area (Å²) in [6.45, 7) is 0. The highest BCUT2D eigenvalue weighted by atomic mass is 79.9. The van der Waals surface area contributed by atoms with Crippen LogP contribution in [0, 0.1) is 11.6 Å². The van der Waals surface area contributed by atoms with Crippen LogP contribution in [-0.2, 0) is 0 Å². The van der Waals surface area contributed by atoms with Gasteiger partial charge in [-0.3, -0.25) is 4.98 Å². The van der Waals surface area contributed by atoms with Crippen LogP contribution in [-0.4, -0.2) is 4.98 Å². The van der Waals surface area contributed by atoms with Gasteiger partial charge in [0.1, 0.15) is 5.75 Å². The van der Waals surface area contributed by atoms with Crippen molar-refractivity contribution in [2.45, 2.75) is 0 Å².